The topological polar surface area (TPSA) is 88.9 Å². The number of hydrogen-bond acceptors (Lipinski definition) is 5. The average molecular weight is 506 g/mol. The van der Waals surface area contributed by atoms with Crippen molar-refractivity contribution in [1.82, 2.24) is 20.1 Å². The minimum Gasteiger partial charge on any atom is -0.345 e. The van der Waals surface area contributed by atoms with Crippen LogP contribution in [0.2, 0.25) is 5.02 Å². The summed E-state index contributed by atoms with van der Waals surface area (Å²) in [5.74, 6) is 0.411. The number of halogens is 1. The molecule has 4 rings (SSSR count). The quantitative estimate of drug-likeness (QED) is 0.242. The number of fused-ring (bicyclic) bond motifs is 1. The third-order valence-corrected chi connectivity index (χ3v) is 6.56. The van der Waals surface area contributed by atoms with Crippen molar-refractivity contribution < 1.29 is 9.59 Å². The molecule has 0 aliphatic carbocycles. The van der Waals surface area contributed by atoms with Crippen LogP contribution < -0.4 is 10.6 Å². The van der Waals surface area contributed by atoms with Crippen molar-refractivity contribution in [3.63, 3.8) is 0 Å². The minimum absolute atomic E-state index is 0.128. The maximum atomic E-state index is 12.6. The number of thioether (sulfide) groups is 1. The first-order valence-corrected chi connectivity index (χ1v) is 12.4. The number of carbonyl (C=O) groups excluding carboxylic acids is 2. The van der Waals surface area contributed by atoms with Gasteiger partial charge in [0.1, 0.15) is 0 Å². The lowest BCUT2D eigenvalue weighted by molar-refractivity contribution is -0.116. The molecule has 0 aliphatic heterocycles. The Morgan fingerprint density at radius 2 is 1.80 bits per heavy atom. The fourth-order valence-corrected chi connectivity index (χ4v) is 4.55. The summed E-state index contributed by atoms with van der Waals surface area (Å²) in [6.07, 6.45) is 3.10. The van der Waals surface area contributed by atoms with Gasteiger partial charge in [0.05, 0.1) is 12.3 Å². The second kappa shape index (κ2) is 11.7. The van der Waals surface area contributed by atoms with Crippen LogP contribution in [0, 0.1) is 0 Å². The Labute approximate surface area is 212 Å². The van der Waals surface area contributed by atoms with Crippen molar-refractivity contribution in [3.8, 4) is 0 Å². The zero-order valence-electron chi connectivity index (χ0n) is 19.1. The average Bonchev–Trinajstić information content (AvgIpc) is 3.27. The van der Waals surface area contributed by atoms with Gasteiger partial charge in [0.25, 0.3) is 0 Å². The van der Waals surface area contributed by atoms with Crippen molar-refractivity contribution >= 4 is 57.7 Å². The number of benzene rings is 3. The highest BCUT2D eigenvalue weighted by Gasteiger charge is 2.14. The van der Waals surface area contributed by atoms with E-state index in [2.05, 4.69) is 20.8 Å². The van der Waals surface area contributed by atoms with Crippen LogP contribution in [-0.2, 0) is 22.7 Å². The summed E-state index contributed by atoms with van der Waals surface area (Å²) < 4.78 is 1.88. The number of anilines is 1. The molecule has 2 N–H and O–H groups in total. The van der Waals surface area contributed by atoms with Crippen LogP contribution in [0.4, 0.5) is 5.69 Å². The Bertz CT molecular complexity index is 1380. The van der Waals surface area contributed by atoms with Gasteiger partial charge >= 0.3 is 0 Å². The zero-order valence-corrected chi connectivity index (χ0v) is 20.6. The third kappa shape index (κ3) is 6.29. The van der Waals surface area contributed by atoms with Crippen LogP contribution in [0.3, 0.4) is 0 Å². The van der Waals surface area contributed by atoms with Gasteiger partial charge in [-0.1, -0.05) is 78.0 Å². The fourth-order valence-electron chi connectivity index (χ4n) is 3.53. The molecular weight excluding hydrogens is 482 g/mol. The van der Waals surface area contributed by atoms with Gasteiger partial charge < -0.3 is 15.2 Å². The van der Waals surface area contributed by atoms with Gasteiger partial charge in [-0.3, -0.25) is 9.59 Å². The summed E-state index contributed by atoms with van der Waals surface area (Å²) in [6.45, 7) is 2.79. The van der Waals surface area contributed by atoms with E-state index in [9.17, 15) is 9.59 Å². The first-order valence-electron chi connectivity index (χ1n) is 11.1. The SMILES string of the molecule is CCn1c(CNC(=O)/C=C/c2ccccc2Cl)nnc1SCC(=O)Nc1cccc2ccccc12. The molecule has 0 bridgehead atoms. The summed E-state index contributed by atoms with van der Waals surface area (Å²) in [5.41, 5.74) is 1.54. The molecule has 178 valence electrons. The summed E-state index contributed by atoms with van der Waals surface area (Å²) in [4.78, 5) is 24.8. The molecule has 9 heteroatoms. The predicted molar refractivity (Wildman–Crippen MR) is 141 cm³/mol. The first kappa shape index (κ1) is 24.5. The van der Waals surface area contributed by atoms with E-state index in [1.54, 1.807) is 12.1 Å². The largest absolute Gasteiger partial charge is 0.345 e. The monoisotopic (exact) mass is 505 g/mol. The molecule has 0 unspecified atom stereocenters. The highest BCUT2D eigenvalue weighted by molar-refractivity contribution is 7.99. The van der Waals surface area contributed by atoms with Gasteiger partial charge in [-0.05, 0) is 36.1 Å². The molecule has 35 heavy (non-hydrogen) atoms. The molecule has 0 radical (unpaired) electrons. The fraction of sp³-hybridized carbons (Fsp3) is 0.154. The van der Waals surface area contributed by atoms with E-state index in [-0.39, 0.29) is 24.1 Å². The van der Waals surface area contributed by atoms with Gasteiger partial charge in [0.15, 0.2) is 11.0 Å². The standard InChI is InChI=1S/C26H24ClN5O2S/c1-2-32-23(16-28-24(33)15-14-19-9-4-6-12-21(19)27)30-31-26(32)35-17-25(34)29-22-13-7-10-18-8-3-5-11-20(18)22/h3-15H,2,16-17H2,1H3,(H,28,33)(H,29,34)/b15-14+. The van der Waals surface area contributed by atoms with Gasteiger partial charge in [-0.2, -0.15) is 0 Å². The molecule has 0 saturated heterocycles. The van der Waals surface area contributed by atoms with E-state index in [0.29, 0.717) is 22.5 Å². The normalized spacial score (nSPS) is 11.1. The number of rotatable bonds is 9. The number of aromatic nitrogens is 3. The van der Waals surface area contributed by atoms with Crippen LogP contribution in [-0.4, -0.2) is 32.3 Å². The molecule has 3 aromatic carbocycles. The Hall–Kier alpha value is -3.62. The number of hydrogen-bond donors (Lipinski definition) is 2. The molecule has 1 aromatic heterocycles. The lowest BCUT2D eigenvalue weighted by Gasteiger charge is -2.09. The summed E-state index contributed by atoms with van der Waals surface area (Å²) in [6, 6.07) is 21.0. The van der Waals surface area contributed by atoms with E-state index in [0.717, 1.165) is 22.0 Å². The molecule has 4 aromatic rings. The lowest BCUT2D eigenvalue weighted by Crippen LogP contribution is -2.22. The van der Waals surface area contributed by atoms with Gasteiger partial charge in [-0.25, -0.2) is 0 Å². The molecule has 0 spiro atoms. The van der Waals surface area contributed by atoms with Crippen molar-refractivity contribution in [2.75, 3.05) is 11.1 Å². The van der Waals surface area contributed by atoms with Crippen LogP contribution >= 0.6 is 23.4 Å². The summed E-state index contributed by atoms with van der Waals surface area (Å²) in [7, 11) is 0. The molecule has 0 aliphatic rings. The van der Waals surface area contributed by atoms with Gasteiger partial charge in [0, 0.05) is 28.7 Å². The highest BCUT2D eigenvalue weighted by Crippen LogP contribution is 2.24. The smallest absolute Gasteiger partial charge is 0.244 e. The molecule has 0 saturated carbocycles. The van der Waals surface area contributed by atoms with Gasteiger partial charge in [0.2, 0.25) is 11.8 Å². The molecule has 2 amide bonds. The third-order valence-electron chi connectivity index (χ3n) is 5.25. The predicted octanol–water partition coefficient (Wildman–Crippen LogP) is 5.17. The second-order valence-electron chi connectivity index (χ2n) is 7.58. The van der Waals surface area contributed by atoms with E-state index in [1.165, 1.54) is 17.8 Å². The van der Waals surface area contributed by atoms with Crippen molar-refractivity contribution in [2.24, 2.45) is 0 Å². The first-order chi connectivity index (χ1) is 17.0. The Kier molecular flexibility index (Phi) is 8.18. The van der Waals surface area contributed by atoms with Crippen molar-refractivity contribution in [1.29, 1.82) is 0 Å². The van der Waals surface area contributed by atoms with Gasteiger partial charge in [-0.15, -0.1) is 10.2 Å². The molecular formula is C26H24ClN5O2S. The Balaban J connectivity index is 1.33. The summed E-state index contributed by atoms with van der Waals surface area (Å²) in [5, 5.41) is 17.5. The number of nitrogens with one attached hydrogen (secondary N) is 2. The maximum absolute atomic E-state index is 12.6. The molecule has 1 heterocycles. The van der Waals surface area contributed by atoms with E-state index < -0.39 is 0 Å². The highest BCUT2D eigenvalue weighted by atomic mass is 35.5. The van der Waals surface area contributed by atoms with Crippen LogP contribution in [0.15, 0.2) is 78.0 Å². The number of amides is 2. The Morgan fingerprint density at radius 1 is 1.03 bits per heavy atom. The zero-order chi connectivity index (χ0) is 24.6. The van der Waals surface area contributed by atoms with Crippen LogP contribution in [0.25, 0.3) is 16.8 Å². The number of nitrogens with zero attached hydrogens (tertiary/aromatic N) is 3. The second-order valence-corrected chi connectivity index (χ2v) is 8.93. The van der Waals surface area contributed by atoms with Crippen LogP contribution in [0.5, 0.6) is 0 Å². The summed E-state index contributed by atoms with van der Waals surface area (Å²) >= 11 is 7.42. The van der Waals surface area contributed by atoms with Crippen LogP contribution in [0.1, 0.15) is 18.3 Å². The number of carbonyl (C=O) groups is 2. The molecule has 0 atom stereocenters. The maximum Gasteiger partial charge on any atom is 0.244 e. The van der Waals surface area contributed by atoms with Crippen molar-refractivity contribution in [3.05, 3.63) is 89.2 Å². The van der Waals surface area contributed by atoms with E-state index >= 15 is 0 Å². The molecule has 0 fully saturated rings. The minimum atomic E-state index is -0.265. The Morgan fingerprint density at radius 3 is 2.63 bits per heavy atom. The van der Waals surface area contributed by atoms with E-state index in [4.69, 9.17) is 11.6 Å². The molecule has 7 nitrogen and oxygen atoms in total. The van der Waals surface area contributed by atoms with Crippen molar-refractivity contribution in [2.45, 2.75) is 25.2 Å². The lowest BCUT2D eigenvalue weighted by atomic mass is 10.1. The van der Waals surface area contributed by atoms with E-state index in [1.807, 2.05) is 72.2 Å².